The highest BCUT2D eigenvalue weighted by Gasteiger charge is 2.20. The minimum absolute atomic E-state index is 0.325. The molecule has 116 valence electrons. The Hall–Kier alpha value is -2.19. The summed E-state index contributed by atoms with van der Waals surface area (Å²) in [6.07, 6.45) is 0. The van der Waals surface area contributed by atoms with Gasteiger partial charge >= 0.3 is 5.97 Å². The zero-order chi connectivity index (χ0) is 16.5. The van der Waals surface area contributed by atoms with Crippen molar-refractivity contribution in [3.05, 3.63) is 58.6 Å². The standard InChI is InChI=1S/C13H8ClF2NO4S/c14-10-6-8(2-3-11(10)16)22(20,21)17-12-4-1-7(15)5-9(12)13(18)19/h1-6,17H,(H,18,19). The summed E-state index contributed by atoms with van der Waals surface area (Å²) in [7, 11) is -4.21. The van der Waals surface area contributed by atoms with E-state index in [0.717, 1.165) is 30.3 Å². The Morgan fingerprint density at radius 3 is 2.41 bits per heavy atom. The monoisotopic (exact) mass is 347 g/mol. The van der Waals surface area contributed by atoms with Crippen molar-refractivity contribution in [1.82, 2.24) is 0 Å². The van der Waals surface area contributed by atoms with E-state index in [4.69, 9.17) is 16.7 Å². The molecular weight excluding hydrogens is 340 g/mol. The third kappa shape index (κ3) is 3.34. The van der Waals surface area contributed by atoms with E-state index < -0.39 is 38.2 Å². The van der Waals surface area contributed by atoms with Crippen LogP contribution in [0, 0.1) is 11.6 Å². The van der Waals surface area contributed by atoms with Gasteiger partial charge in [-0.2, -0.15) is 0 Å². The van der Waals surface area contributed by atoms with Crippen molar-refractivity contribution in [2.24, 2.45) is 0 Å². The van der Waals surface area contributed by atoms with Crippen molar-refractivity contribution in [3.8, 4) is 0 Å². The number of benzene rings is 2. The molecule has 0 radical (unpaired) electrons. The zero-order valence-corrected chi connectivity index (χ0v) is 12.3. The van der Waals surface area contributed by atoms with Crippen molar-refractivity contribution >= 4 is 33.3 Å². The van der Waals surface area contributed by atoms with Crippen molar-refractivity contribution in [1.29, 1.82) is 0 Å². The van der Waals surface area contributed by atoms with E-state index in [-0.39, 0.29) is 10.6 Å². The fourth-order valence-corrected chi connectivity index (χ4v) is 2.98. The first-order valence-electron chi connectivity index (χ1n) is 5.71. The Kier molecular flexibility index (Phi) is 4.34. The second-order valence-corrected chi connectivity index (χ2v) is 6.27. The van der Waals surface area contributed by atoms with E-state index in [1.54, 1.807) is 0 Å². The fraction of sp³-hybridized carbons (Fsp3) is 0. The number of carboxylic acids is 1. The first kappa shape index (κ1) is 16.2. The van der Waals surface area contributed by atoms with Crippen molar-refractivity contribution in [3.63, 3.8) is 0 Å². The van der Waals surface area contributed by atoms with Crippen LogP contribution in [-0.4, -0.2) is 19.5 Å². The van der Waals surface area contributed by atoms with E-state index >= 15 is 0 Å². The summed E-state index contributed by atoms with van der Waals surface area (Å²) in [4.78, 5) is 10.7. The summed E-state index contributed by atoms with van der Waals surface area (Å²) in [5, 5.41) is 8.56. The van der Waals surface area contributed by atoms with Gasteiger partial charge in [0.1, 0.15) is 11.6 Å². The number of anilines is 1. The number of carboxylic acid groups (broad SMARTS) is 1. The smallest absolute Gasteiger partial charge is 0.337 e. The van der Waals surface area contributed by atoms with Crippen LogP contribution in [0.2, 0.25) is 5.02 Å². The van der Waals surface area contributed by atoms with Crippen LogP contribution in [0.15, 0.2) is 41.3 Å². The molecule has 0 aliphatic carbocycles. The van der Waals surface area contributed by atoms with Crippen molar-refractivity contribution in [2.45, 2.75) is 4.90 Å². The molecule has 0 bridgehead atoms. The first-order chi connectivity index (χ1) is 10.2. The molecule has 0 aromatic heterocycles. The second-order valence-electron chi connectivity index (χ2n) is 4.18. The molecule has 0 heterocycles. The fourth-order valence-electron chi connectivity index (χ4n) is 1.63. The van der Waals surface area contributed by atoms with Gasteiger partial charge in [-0.15, -0.1) is 0 Å². The Labute approximate surface area is 129 Å². The Morgan fingerprint density at radius 1 is 1.14 bits per heavy atom. The van der Waals surface area contributed by atoms with Gasteiger partial charge in [-0.25, -0.2) is 22.0 Å². The number of aromatic carboxylic acids is 1. The molecule has 0 atom stereocenters. The number of rotatable bonds is 4. The minimum atomic E-state index is -4.21. The lowest BCUT2D eigenvalue weighted by atomic mass is 10.2. The molecule has 22 heavy (non-hydrogen) atoms. The average Bonchev–Trinajstić information content (AvgIpc) is 2.43. The van der Waals surface area contributed by atoms with Crippen LogP contribution in [-0.2, 0) is 10.0 Å². The number of halogens is 3. The van der Waals surface area contributed by atoms with Gasteiger partial charge in [0.15, 0.2) is 0 Å². The van der Waals surface area contributed by atoms with Crippen LogP contribution in [0.25, 0.3) is 0 Å². The molecule has 2 aromatic carbocycles. The third-order valence-corrected chi connectivity index (χ3v) is 4.31. The zero-order valence-electron chi connectivity index (χ0n) is 10.7. The lowest BCUT2D eigenvalue weighted by Crippen LogP contribution is -2.16. The van der Waals surface area contributed by atoms with Gasteiger partial charge in [0.2, 0.25) is 0 Å². The van der Waals surface area contributed by atoms with E-state index in [1.807, 2.05) is 4.72 Å². The summed E-state index contributed by atoms with van der Waals surface area (Å²) in [6, 6.07) is 5.26. The number of hydrogen-bond acceptors (Lipinski definition) is 3. The van der Waals surface area contributed by atoms with Crippen LogP contribution >= 0.6 is 11.6 Å². The van der Waals surface area contributed by atoms with Gasteiger partial charge in [0, 0.05) is 0 Å². The molecular formula is C13H8ClF2NO4S. The highest BCUT2D eigenvalue weighted by Crippen LogP contribution is 2.24. The third-order valence-electron chi connectivity index (χ3n) is 2.66. The minimum Gasteiger partial charge on any atom is -0.478 e. The maximum absolute atomic E-state index is 13.1. The SMILES string of the molecule is O=C(O)c1cc(F)ccc1NS(=O)(=O)c1ccc(F)c(Cl)c1. The molecule has 0 aliphatic heterocycles. The Morgan fingerprint density at radius 2 is 1.82 bits per heavy atom. The molecule has 0 saturated heterocycles. The molecule has 2 N–H and O–H groups in total. The molecule has 2 rings (SSSR count). The van der Waals surface area contributed by atoms with E-state index in [0.29, 0.717) is 6.07 Å². The normalized spacial score (nSPS) is 11.2. The number of sulfonamides is 1. The topological polar surface area (TPSA) is 83.5 Å². The van der Waals surface area contributed by atoms with Gasteiger partial charge < -0.3 is 5.11 Å². The summed E-state index contributed by atoms with van der Waals surface area (Å²) in [6.45, 7) is 0. The lowest BCUT2D eigenvalue weighted by Gasteiger charge is -2.11. The van der Waals surface area contributed by atoms with Gasteiger partial charge in [0.05, 0.1) is 21.2 Å². The largest absolute Gasteiger partial charge is 0.478 e. The molecule has 0 amide bonds. The van der Waals surface area contributed by atoms with Crippen LogP contribution in [0.1, 0.15) is 10.4 Å². The second kappa shape index (κ2) is 5.90. The molecule has 2 aromatic rings. The quantitative estimate of drug-likeness (QED) is 0.890. The summed E-state index contributed by atoms with van der Waals surface area (Å²) < 4.78 is 52.4. The molecule has 0 unspecified atom stereocenters. The highest BCUT2D eigenvalue weighted by molar-refractivity contribution is 7.92. The first-order valence-corrected chi connectivity index (χ1v) is 7.57. The predicted molar refractivity (Wildman–Crippen MR) is 75.6 cm³/mol. The van der Waals surface area contributed by atoms with Gasteiger partial charge in [-0.1, -0.05) is 11.6 Å². The van der Waals surface area contributed by atoms with Gasteiger partial charge in [0.25, 0.3) is 10.0 Å². The highest BCUT2D eigenvalue weighted by atomic mass is 35.5. The lowest BCUT2D eigenvalue weighted by molar-refractivity contribution is 0.0697. The number of nitrogens with one attached hydrogen (secondary N) is 1. The van der Waals surface area contributed by atoms with Gasteiger partial charge in [-0.05, 0) is 36.4 Å². The molecule has 0 fully saturated rings. The number of hydrogen-bond donors (Lipinski definition) is 2. The summed E-state index contributed by atoms with van der Waals surface area (Å²) >= 11 is 5.51. The predicted octanol–water partition coefficient (Wildman–Crippen LogP) is 3.12. The van der Waals surface area contributed by atoms with Crippen LogP contribution in [0.3, 0.4) is 0 Å². The van der Waals surface area contributed by atoms with Crippen molar-refractivity contribution in [2.75, 3.05) is 4.72 Å². The molecule has 0 spiro atoms. The molecule has 9 heteroatoms. The Balaban J connectivity index is 2.45. The summed E-state index contributed by atoms with van der Waals surface area (Å²) in [5.41, 5.74) is -0.883. The van der Waals surface area contributed by atoms with E-state index in [2.05, 4.69) is 0 Å². The summed E-state index contributed by atoms with van der Waals surface area (Å²) in [5.74, 6) is -3.13. The average molecular weight is 348 g/mol. The van der Waals surface area contributed by atoms with Crippen LogP contribution in [0.5, 0.6) is 0 Å². The maximum Gasteiger partial charge on any atom is 0.337 e. The van der Waals surface area contributed by atoms with Crippen LogP contribution < -0.4 is 4.72 Å². The molecule has 5 nitrogen and oxygen atoms in total. The molecule has 0 aliphatic rings. The van der Waals surface area contributed by atoms with Crippen molar-refractivity contribution < 1.29 is 27.1 Å². The van der Waals surface area contributed by atoms with E-state index in [9.17, 15) is 22.0 Å². The van der Waals surface area contributed by atoms with E-state index in [1.165, 1.54) is 0 Å². The maximum atomic E-state index is 13.1. The Bertz CT molecular complexity index is 855. The van der Waals surface area contributed by atoms with Crippen LogP contribution in [0.4, 0.5) is 14.5 Å². The molecule has 0 saturated carbocycles. The number of carbonyl (C=O) groups is 1. The van der Waals surface area contributed by atoms with Gasteiger partial charge in [-0.3, -0.25) is 4.72 Å².